The number of phenolic OH excluding ortho intramolecular Hbond substituents is 1. The van der Waals surface area contributed by atoms with E-state index in [1.165, 1.54) is 28.8 Å². The monoisotopic (exact) mass is 395 g/mol. The Bertz CT molecular complexity index is 917. The SMILES string of the molecule is CC(CCCc1ccc(F)cc1)C1CC2=C(CN1)c1c(O)cccc1OC2(C)C. The molecule has 0 fully saturated rings. The predicted molar refractivity (Wildman–Crippen MR) is 115 cm³/mol. The van der Waals surface area contributed by atoms with Gasteiger partial charge in [0.2, 0.25) is 0 Å². The number of hydrogen-bond acceptors (Lipinski definition) is 3. The molecule has 2 aromatic rings. The molecule has 0 radical (unpaired) electrons. The van der Waals surface area contributed by atoms with Crippen molar-refractivity contribution in [3.63, 3.8) is 0 Å². The maximum atomic E-state index is 13.1. The molecule has 4 rings (SSSR count). The van der Waals surface area contributed by atoms with Gasteiger partial charge in [0.25, 0.3) is 0 Å². The Balaban J connectivity index is 1.44. The third kappa shape index (κ3) is 4.04. The van der Waals surface area contributed by atoms with E-state index in [9.17, 15) is 9.50 Å². The number of hydrogen-bond donors (Lipinski definition) is 2. The second-order valence-corrected chi connectivity index (χ2v) is 8.91. The van der Waals surface area contributed by atoms with Crippen molar-refractivity contribution in [3.05, 3.63) is 65.0 Å². The van der Waals surface area contributed by atoms with Crippen molar-refractivity contribution in [2.24, 2.45) is 5.92 Å². The summed E-state index contributed by atoms with van der Waals surface area (Å²) in [6.07, 6.45) is 4.09. The molecule has 0 spiro atoms. The Morgan fingerprint density at radius 3 is 2.72 bits per heavy atom. The van der Waals surface area contributed by atoms with Crippen molar-refractivity contribution in [2.45, 2.75) is 58.1 Å². The number of fused-ring (bicyclic) bond motifs is 2. The van der Waals surface area contributed by atoms with Crippen LogP contribution in [0.4, 0.5) is 4.39 Å². The molecule has 0 saturated carbocycles. The molecule has 2 atom stereocenters. The van der Waals surface area contributed by atoms with Crippen LogP contribution in [0.1, 0.15) is 51.2 Å². The number of phenols is 1. The van der Waals surface area contributed by atoms with Crippen molar-refractivity contribution in [2.75, 3.05) is 6.54 Å². The Labute approximate surface area is 172 Å². The average molecular weight is 396 g/mol. The summed E-state index contributed by atoms with van der Waals surface area (Å²) in [6.45, 7) is 7.30. The minimum atomic E-state index is -0.371. The minimum absolute atomic E-state index is 0.178. The van der Waals surface area contributed by atoms with Crippen LogP contribution in [0.2, 0.25) is 0 Å². The first-order valence-electron chi connectivity index (χ1n) is 10.6. The summed E-state index contributed by atoms with van der Waals surface area (Å²) in [5, 5.41) is 14.1. The number of aromatic hydroxyl groups is 1. The third-order valence-electron chi connectivity index (χ3n) is 6.45. The number of nitrogens with one attached hydrogen (secondary N) is 1. The van der Waals surface area contributed by atoms with Gasteiger partial charge in [-0.3, -0.25) is 0 Å². The van der Waals surface area contributed by atoms with E-state index in [-0.39, 0.29) is 17.2 Å². The smallest absolute Gasteiger partial charge is 0.131 e. The summed E-state index contributed by atoms with van der Waals surface area (Å²) in [5.41, 5.74) is 4.14. The standard InChI is InChI=1S/C25H30FNO2/c1-16(6-4-7-17-10-12-18(26)13-11-17)21-14-20-19(15-27-21)24-22(28)8-5-9-23(24)29-25(20,2)3/h5,8-13,16,21,27-28H,4,6-7,14-15H2,1-3H3. The fourth-order valence-electron chi connectivity index (χ4n) is 4.73. The molecule has 0 amide bonds. The van der Waals surface area contributed by atoms with Gasteiger partial charge in [0.15, 0.2) is 0 Å². The first kappa shape index (κ1) is 20.0. The fourth-order valence-corrected chi connectivity index (χ4v) is 4.73. The normalized spacial score (nSPS) is 21.2. The van der Waals surface area contributed by atoms with Crippen molar-refractivity contribution in [1.82, 2.24) is 5.32 Å². The first-order chi connectivity index (χ1) is 13.8. The molecule has 2 aromatic carbocycles. The van der Waals surface area contributed by atoms with Crippen LogP contribution in [0.5, 0.6) is 11.5 Å². The lowest BCUT2D eigenvalue weighted by Gasteiger charge is -2.43. The molecular weight excluding hydrogens is 365 g/mol. The maximum Gasteiger partial charge on any atom is 0.131 e. The zero-order valence-electron chi connectivity index (χ0n) is 17.5. The molecule has 2 aliphatic rings. The Morgan fingerprint density at radius 2 is 1.97 bits per heavy atom. The van der Waals surface area contributed by atoms with E-state index >= 15 is 0 Å². The lowest BCUT2D eigenvalue weighted by Crippen LogP contribution is -2.46. The third-order valence-corrected chi connectivity index (χ3v) is 6.45. The van der Waals surface area contributed by atoms with Gasteiger partial charge in [-0.1, -0.05) is 25.1 Å². The zero-order valence-corrected chi connectivity index (χ0v) is 17.5. The largest absolute Gasteiger partial charge is 0.507 e. The van der Waals surface area contributed by atoms with Crippen LogP contribution in [-0.2, 0) is 6.42 Å². The van der Waals surface area contributed by atoms with E-state index in [4.69, 9.17) is 4.74 Å². The molecule has 2 aliphatic heterocycles. The van der Waals surface area contributed by atoms with Gasteiger partial charge in [-0.2, -0.15) is 0 Å². The van der Waals surface area contributed by atoms with Crippen LogP contribution in [0.25, 0.3) is 5.57 Å². The Hall–Kier alpha value is -2.33. The van der Waals surface area contributed by atoms with E-state index in [1.807, 2.05) is 24.3 Å². The molecule has 0 aliphatic carbocycles. The quantitative estimate of drug-likeness (QED) is 0.705. The average Bonchev–Trinajstić information content (AvgIpc) is 2.69. The van der Waals surface area contributed by atoms with Crippen LogP contribution < -0.4 is 10.1 Å². The molecule has 0 aromatic heterocycles. The van der Waals surface area contributed by atoms with Gasteiger partial charge in [0.1, 0.15) is 22.9 Å². The lowest BCUT2D eigenvalue weighted by molar-refractivity contribution is 0.131. The highest BCUT2D eigenvalue weighted by Crippen LogP contribution is 2.47. The number of rotatable bonds is 5. The van der Waals surface area contributed by atoms with Gasteiger partial charge in [-0.05, 0) is 86.4 Å². The molecule has 4 heteroatoms. The lowest BCUT2D eigenvalue weighted by atomic mass is 9.77. The molecule has 2 unspecified atom stereocenters. The van der Waals surface area contributed by atoms with Crippen LogP contribution in [-0.4, -0.2) is 23.3 Å². The number of benzene rings is 2. The predicted octanol–water partition coefficient (Wildman–Crippen LogP) is 5.48. The summed E-state index contributed by atoms with van der Waals surface area (Å²) >= 11 is 0. The molecule has 0 saturated heterocycles. The van der Waals surface area contributed by atoms with Crippen LogP contribution in [0.3, 0.4) is 0 Å². The van der Waals surface area contributed by atoms with Crippen LogP contribution in [0, 0.1) is 11.7 Å². The highest BCUT2D eigenvalue weighted by Gasteiger charge is 2.40. The van der Waals surface area contributed by atoms with Crippen LogP contribution >= 0.6 is 0 Å². The van der Waals surface area contributed by atoms with Gasteiger partial charge in [0, 0.05) is 12.6 Å². The van der Waals surface area contributed by atoms with Gasteiger partial charge in [-0.25, -0.2) is 4.39 Å². The maximum absolute atomic E-state index is 13.1. The molecule has 3 nitrogen and oxygen atoms in total. The minimum Gasteiger partial charge on any atom is -0.507 e. The number of aryl methyl sites for hydroxylation is 1. The molecular formula is C25H30FNO2. The fraction of sp³-hybridized carbons (Fsp3) is 0.440. The van der Waals surface area contributed by atoms with Gasteiger partial charge >= 0.3 is 0 Å². The first-order valence-corrected chi connectivity index (χ1v) is 10.6. The summed E-state index contributed by atoms with van der Waals surface area (Å²) in [7, 11) is 0. The van der Waals surface area contributed by atoms with E-state index in [0.717, 1.165) is 43.5 Å². The topological polar surface area (TPSA) is 41.5 Å². The Kier molecular flexibility index (Phi) is 5.39. The summed E-state index contributed by atoms with van der Waals surface area (Å²) < 4.78 is 19.3. The Morgan fingerprint density at radius 1 is 1.21 bits per heavy atom. The van der Waals surface area contributed by atoms with E-state index in [2.05, 4.69) is 26.1 Å². The summed E-state index contributed by atoms with van der Waals surface area (Å²) in [5.74, 6) is 1.40. The molecule has 154 valence electrons. The number of ether oxygens (including phenoxy) is 1. The van der Waals surface area contributed by atoms with E-state index in [0.29, 0.717) is 12.0 Å². The molecule has 0 bridgehead atoms. The second kappa shape index (κ2) is 7.83. The zero-order chi connectivity index (χ0) is 20.6. The van der Waals surface area contributed by atoms with E-state index in [1.54, 1.807) is 6.07 Å². The molecule has 2 N–H and O–H groups in total. The van der Waals surface area contributed by atoms with Crippen molar-refractivity contribution in [1.29, 1.82) is 0 Å². The molecule has 29 heavy (non-hydrogen) atoms. The second-order valence-electron chi connectivity index (χ2n) is 8.91. The van der Waals surface area contributed by atoms with Gasteiger partial charge < -0.3 is 15.2 Å². The highest BCUT2D eigenvalue weighted by molar-refractivity contribution is 5.81. The van der Waals surface area contributed by atoms with Gasteiger partial charge in [0.05, 0.1) is 5.56 Å². The van der Waals surface area contributed by atoms with E-state index < -0.39 is 0 Å². The van der Waals surface area contributed by atoms with Crippen molar-refractivity contribution >= 4 is 5.57 Å². The summed E-state index contributed by atoms with van der Waals surface area (Å²) in [4.78, 5) is 0. The van der Waals surface area contributed by atoms with Crippen molar-refractivity contribution in [3.8, 4) is 11.5 Å². The highest BCUT2D eigenvalue weighted by atomic mass is 19.1. The van der Waals surface area contributed by atoms with Gasteiger partial charge in [-0.15, -0.1) is 0 Å². The number of halogens is 1. The van der Waals surface area contributed by atoms with Crippen molar-refractivity contribution < 1.29 is 14.2 Å². The van der Waals surface area contributed by atoms with Crippen LogP contribution in [0.15, 0.2) is 48.0 Å². The molecule has 2 heterocycles. The summed E-state index contributed by atoms with van der Waals surface area (Å²) in [6, 6.07) is 12.7.